The summed E-state index contributed by atoms with van der Waals surface area (Å²) < 4.78 is 5.39. The van der Waals surface area contributed by atoms with E-state index in [4.69, 9.17) is 4.74 Å². The van der Waals surface area contributed by atoms with Gasteiger partial charge in [-0.05, 0) is 39.5 Å². The van der Waals surface area contributed by atoms with Crippen LogP contribution in [0.1, 0.15) is 53.4 Å². The smallest absolute Gasteiger partial charge is 0.410 e. The normalized spacial score (nSPS) is 27.8. The molecule has 1 heterocycles. The third kappa shape index (κ3) is 2.93. The largest absolute Gasteiger partial charge is 0.444 e. The Morgan fingerprint density at radius 3 is 2.53 bits per heavy atom. The van der Waals surface area contributed by atoms with Gasteiger partial charge in [-0.1, -0.05) is 19.8 Å². The van der Waals surface area contributed by atoms with Crippen molar-refractivity contribution in [3.8, 4) is 0 Å². The van der Waals surface area contributed by atoms with Crippen LogP contribution >= 0.6 is 0 Å². The van der Waals surface area contributed by atoms with E-state index in [0.29, 0.717) is 5.41 Å². The van der Waals surface area contributed by atoms with Crippen molar-refractivity contribution in [3.05, 3.63) is 0 Å². The Bertz CT molecular complexity index is 300. The lowest BCUT2D eigenvalue weighted by Gasteiger charge is -2.53. The molecule has 3 heteroatoms. The zero-order chi connectivity index (χ0) is 12.7. The molecule has 17 heavy (non-hydrogen) atoms. The van der Waals surface area contributed by atoms with Crippen LogP contribution in [0.3, 0.4) is 0 Å². The maximum Gasteiger partial charge on any atom is 0.410 e. The Hall–Kier alpha value is -0.730. The molecular weight excluding hydrogens is 214 g/mol. The van der Waals surface area contributed by atoms with E-state index in [1.54, 1.807) is 0 Å². The van der Waals surface area contributed by atoms with E-state index in [9.17, 15) is 4.79 Å². The third-order valence-electron chi connectivity index (χ3n) is 3.89. The predicted molar refractivity (Wildman–Crippen MR) is 67.9 cm³/mol. The second-order valence-electron chi connectivity index (χ2n) is 7.04. The molecule has 1 atom stereocenters. The molecule has 1 spiro atoms. The summed E-state index contributed by atoms with van der Waals surface area (Å²) in [6.45, 7) is 9.91. The van der Waals surface area contributed by atoms with E-state index in [2.05, 4.69) is 6.92 Å². The molecule has 3 nitrogen and oxygen atoms in total. The maximum atomic E-state index is 11.9. The highest BCUT2D eigenvalue weighted by molar-refractivity contribution is 5.69. The predicted octanol–water partition coefficient (Wildman–Crippen LogP) is 3.43. The minimum Gasteiger partial charge on any atom is -0.444 e. The van der Waals surface area contributed by atoms with Crippen molar-refractivity contribution >= 4 is 6.09 Å². The SMILES string of the molecule is CC1CCCC2(C1)CN(C(=O)OC(C)(C)C)C2. The molecule has 1 aliphatic heterocycles. The van der Waals surface area contributed by atoms with Crippen molar-refractivity contribution in [2.75, 3.05) is 13.1 Å². The van der Waals surface area contributed by atoms with E-state index in [-0.39, 0.29) is 11.7 Å². The fraction of sp³-hybridized carbons (Fsp3) is 0.929. The molecule has 0 aromatic heterocycles. The van der Waals surface area contributed by atoms with Crippen LogP contribution < -0.4 is 0 Å². The molecule has 0 radical (unpaired) electrons. The van der Waals surface area contributed by atoms with Crippen LogP contribution in [0.2, 0.25) is 0 Å². The van der Waals surface area contributed by atoms with Crippen LogP contribution in [0.15, 0.2) is 0 Å². The summed E-state index contributed by atoms with van der Waals surface area (Å²) in [5.74, 6) is 0.824. The maximum absolute atomic E-state index is 11.9. The molecule has 0 bridgehead atoms. The summed E-state index contributed by atoms with van der Waals surface area (Å²) in [4.78, 5) is 13.7. The van der Waals surface area contributed by atoms with Crippen LogP contribution in [-0.2, 0) is 4.74 Å². The number of amides is 1. The van der Waals surface area contributed by atoms with Crippen molar-refractivity contribution < 1.29 is 9.53 Å². The first-order chi connectivity index (χ1) is 7.80. The van der Waals surface area contributed by atoms with Gasteiger partial charge in [0.15, 0.2) is 0 Å². The van der Waals surface area contributed by atoms with Gasteiger partial charge in [0.25, 0.3) is 0 Å². The molecule has 98 valence electrons. The highest BCUT2D eigenvalue weighted by atomic mass is 16.6. The molecule has 2 fully saturated rings. The molecule has 0 N–H and O–H groups in total. The molecule has 1 amide bonds. The highest BCUT2D eigenvalue weighted by Crippen LogP contribution is 2.46. The van der Waals surface area contributed by atoms with Crippen LogP contribution in [0.5, 0.6) is 0 Å². The van der Waals surface area contributed by atoms with E-state index in [1.807, 2.05) is 25.7 Å². The van der Waals surface area contributed by atoms with Gasteiger partial charge < -0.3 is 9.64 Å². The fourth-order valence-electron chi connectivity index (χ4n) is 3.28. The Labute approximate surface area is 105 Å². The van der Waals surface area contributed by atoms with E-state index >= 15 is 0 Å². The Morgan fingerprint density at radius 2 is 2.00 bits per heavy atom. The Kier molecular flexibility index (Phi) is 3.13. The summed E-state index contributed by atoms with van der Waals surface area (Å²) in [6.07, 6.45) is 5.11. The first kappa shape index (κ1) is 12.7. The second-order valence-corrected chi connectivity index (χ2v) is 7.04. The van der Waals surface area contributed by atoms with Crippen LogP contribution in [0, 0.1) is 11.3 Å². The number of hydrogen-bond donors (Lipinski definition) is 0. The Morgan fingerprint density at radius 1 is 1.35 bits per heavy atom. The minimum atomic E-state index is -0.375. The van der Waals surface area contributed by atoms with Gasteiger partial charge in [0.2, 0.25) is 0 Å². The van der Waals surface area contributed by atoms with Crippen LogP contribution in [0.25, 0.3) is 0 Å². The van der Waals surface area contributed by atoms with Gasteiger partial charge in [-0.2, -0.15) is 0 Å². The molecular formula is C14H25NO2. The van der Waals surface area contributed by atoms with Crippen LogP contribution in [-0.4, -0.2) is 29.7 Å². The van der Waals surface area contributed by atoms with Gasteiger partial charge in [0.1, 0.15) is 5.60 Å². The zero-order valence-corrected chi connectivity index (χ0v) is 11.6. The van der Waals surface area contributed by atoms with Gasteiger partial charge in [-0.3, -0.25) is 0 Å². The van der Waals surface area contributed by atoms with Crippen molar-refractivity contribution in [2.45, 2.75) is 59.0 Å². The topological polar surface area (TPSA) is 29.5 Å². The summed E-state index contributed by atoms with van der Waals surface area (Å²) in [6, 6.07) is 0. The first-order valence-corrected chi connectivity index (χ1v) is 6.78. The van der Waals surface area contributed by atoms with Crippen molar-refractivity contribution in [3.63, 3.8) is 0 Å². The van der Waals surface area contributed by atoms with Gasteiger partial charge in [0.05, 0.1) is 0 Å². The van der Waals surface area contributed by atoms with E-state index in [1.165, 1.54) is 25.7 Å². The molecule has 1 aliphatic carbocycles. The number of rotatable bonds is 0. The lowest BCUT2D eigenvalue weighted by Crippen LogP contribution is -2.60. The standard InChI is InChI=1S/C14H25NO2/c1-11-6-5-7-14(8-11)9-15(10-14)12(16)17-13(2,3)4/h11H,5-10H2,1-4H3. The van der Waals surface area contributed by atoms with E-state index < -0.39 is 0 Å². The molecule has 2 rings (SSSR count). The molecule has 1 saturated carbocycles. The molecule has 1 saturated heterocycles. The number of hydrogen-bond acceptors (Lipinski definition) is 2. The van der Waals surface area contributed by atoms with Gasteiger partial charge >= 0.3 is 6.09 Å². The number of ether oxygens (including phenoxy) is 1. The lowest BCUT2D eigenvalue weighted by atomic mass is 9.65. The summed E-state index contributed by atoms with van der Waals surface area (Å²) >= 11 is 0. The summed E-state index contributed by atoms with van der Waals surface area (Å²) in [7, 11) is 0. The number of carbonyl (C=O) groups excluding carboxylic acids is 1. The number of carbonyl (C=O) groups is 1. The average molecular weight is 239 g/mol. The van der Waals surface area contributed by atoms with Crippen molar-refractivity contribution in [1.82, 2.24) is 4.90 Å². The molecule has 1 unspecified atom stereocenters. The minimum absolute atomic E-state index is 0.138. The summed E-state index contributed by atoms with van der Waals surface area (Å²) in [5, 5.41) is 0. The van der Waals surface area contributed by atoms with Gasteiger partial charge in [0, 0.05) is 18.5 Å². The Balaban J connectivity index is 1.83. The summed E-state index contributed by atoms with van der Waals surface area (Å²) in [5.41, 5.74) is 0.0499. The highest BCUT2D eigenvalue weighted by Gasteiger charge is 2.47. The number of nitrogens with zero attached hydrogens (tertiary/aromatic N) is 1. The zero-order valence-electron chi connectivity index (χ0n) is 11.6. The van der Waals surface area contributed by atoms with Crippen molar-refractivity contribution in [2.24, 2.45) is 11.3 Å². The number of likely N-dealkylation sites (tertiary alicyclic amines) is 1. The third-order valence-corrected chi connectivity index (χ3v) is 3.89. The molecule has 2 aliphatic rings. The fourth-order valence-corrected chi connectivity index (χ4v) is 3.28. The average Bonchev–Trinajstić information content (AvgIpc) is 2.10. The first-order valence-electron chi connectivity index (χ1n) is 6.78. The quantitative estimate of drug-likeness (QED) is 0.648. The van der Waals surface area contributed by atoms with Crippen molar-refractivity contribution in [1.29, 1.82) is 0 Å². The molecule has 0 aromatic rings. The lowest BCUT2D eigenvalue weighted by molar-refractivity contribution is -0.0564. The van der Waals surface area contributed by atoms with Gasteiger partial charge in [-0.25, -0.2) is 4.79 Å². The van der Waals surface area contributed by atoms with Crippen LogP contribution in [0.4, 0.5) is 4.79 Å². The monoisotopic (exact) mass is 239 g/mol. The molecule has 0 aromatic carbocycles. The van der Waals surface area contributed by atoms with Gasteiger partial charge in [-0.15, -0.1) is 0 Å². The second kappa shape index (κ2) is 4.18. The van der Waals surface area contributed by atoms with E-state index in [0.717, 1.165) is 19.0 Å².